The van der Waals surface area contributed by atoms with Gasteiger partial charge >= 0.3 is 0 Å². The highest BCUT2D eigenvalue weighted by molar-refractivity contribution is 7.92. The molecule has 0 amide bonds. The molecule has 0 aliphatic rings. The fourth-order valence-electron chi connectivity index (χ4n) is 2.75. The fourth-order valence-corrected chi connectivity index (χ4v) is 4.01. The number of anilines is 1. The molecule has 0 atom stereocenters. The molecule has 7 heteroatoms. The van der Waals surface area contributed by atoms with Gasteiger partial charge in [-0.15, -0.1) is 0 Å². The summed E-state index contributed by atoms with van der Waals surface area (Å²) in [5, 5.41) is 4.00. The minimum atomic E-state index is -3.83. The molecule has 0 saturated heterocycles. The van der Waals surface area contributed by atoms with E-state index in [1.807, 2.05) is 37.3 Å². The zero-order valence-corrected chi connectivity index (χ0v) is 15.8. The van der Waals surface area contributed by atoms with Crippen molar-refractivity contribution in [2.45, 2.75) is 11.8 Å². The number of aromatic nitrogens is 2. The second-order valence-corrected chi connectivity index (χ2v) is 7.91. The third-order valence-electron chi connectivity index (χ3n) is 4.17. The van der Waals surface area contributed by atoms with Crippen LogP contribution in [0, 0.1) is 6.92 Å². The molecule has 0 fully saturated rings. The first-order valence-electron chi connectivity index (χ1n) is 8.61. The molecule has 6 nitrogen and oxygen atoms in total. The molecule has 1 heterocycles. The predicted octanol–water partition coefficient (Wildman–Crippen LogP) is 4.51. The van der Waals surface area contributed by atoms with E-state index in [1.54, 1.807) is 42.5 Å². The molecule has 0 aliphatic heterocycles. The summed E-state index contributed by atoms with van der Waals surface area (Å²) in [7, 11) is -3.83. The molecule has 1 N–H and O–H groups in total. The molecule has 3 aromatic carbocycles. The molecule has 0 spiro atoms. The number of aryl methyl sites for hydroxylation is 1. The van der Waals surface area contributed by atoms with Crippen LogP contribution in [0.25, 0.3) is 22.8 Å². The van der Waals surface area contributed by atoms with Crippen molar-refractivity contribution in [3.8, 4) is 22.8 Å². The van der Waals surface area contributed by atoms with Gasteiger partial charge in [-0.25, -0.2) is 8.42 Å². The van der Waals surface area contributed by atoms with Gasteiger partial charge in [0.15, 0.2) is 0 Å². The van der Waals surface area contributed by atoms with Crippen molar-refractivity contribution in [3.05, 3.63) is 84.4 Å². The minimum Gasteiger partial charge on any atom is -0.334 e. The van der Waals surface area contributed by atoms with Crippen LogP contribution >= 0.6 is 0 Å². The van der Waals surface area contributed by atoms with Gasteiger partial charge in [0.25, 0.3) is 15.9 Å². The summed E-state index contributed by atoms with van der Waals surface area (Å²) in [5.41, 5.74) is 2.74. The Morgan fingerprint density at radius 3 is 2.29 bits per heavy atom. The van der Waals surface area contributed by atoms with Gasteiger partial charge in [0.05, 0.1) is 5.56 Å². The largest absolute Gasteiger partial charge is 0.334 e. The number of para-hydroxylation sites is 1. The van der Waals surface area contributed by atoms with E-state index >= 15 is 0 Å². The lowest BCUT2D eigenvalue weighted by Crippen LogP contribution is -2.14. The van der Waals surface area contributed by atoms with Gasteiger partial charge in [-0.05, 0) is 31.2 Å². The Bertz CT molecular complexity index is 1200. The van der Waals surface area contributed by atoms with Crippen LogP contribution in [-0.4, -0.2) is 18.6 Å². The Hall–Kier alpha value is -3.45. The van der Waals surface area contributed by atoms with Gasteiger partial charge in [0.1, 0.15) is 4.90 Å². The summed E-state index contributed by atoms with van der Waals surface area (Å²) >= 11 is 0. The molecule has 0 aliphatic carbocycles. The second-order valence-electron chi connectivity index (χ2n) is 6.26. The molecule has 0 radical (unpaired) electrons. The van der Waals surface area contributed by atoms with E-state index in [4.69, 9.17) is 4.52 Å². The minimum absolute atomic E-state index is 0.0676. The van der Waals surface area contributed by atoms with E-state index in [0.29, 0.717) is 17.1 Å². The SMILES string of the molecule is Cc1ccc(-c2noc(-c3ccccc3S(=O)(=O)Nc3ccccc3)n2)cc1. The molecule has 1 aromatic heterocycles. The third-order valence-corrected chi connectivity index (χ3v) is 5.61. The van der Waals surface area contributed by atoms with E-state index in [2.05, 4.69) is 14.9 Å². The third kappa shape index (κ3) is 3.65. The standard InChI is InChI=1S/C21H17N3O3S/c1-15-11-13-16(14-12-15)20-22-21(27-23-20)18-9-5-6-10-19(18)28(25,26)24-17-7-3-2-4-8-17/h2-14,24H,1H3. The molecule has 4 rings (SSSR count). The van der Waals surface area contributed by atoms with Crippen molar-refractivity contribution in [2.24, 2.45) is 0 Å². The van der Waals surface area contributed by atoms with Gasteiger partial charge in [-0.3, -0.25) is 4.72 Å². The van der Waals surface area contributed by atoms with Gasteiger partial charge in [-0.2, -0.15) is 4.98 Å². The van der Waals surface area contributed by atoms with E-state index < -0.39 is 10.0 Å². The Morgan fingerprint density at radius 2 is 1.54 bits per heavy atom. The zero-order chi connectivity index (χ0) is 19.6. The first-order chi connectivity index (χ1) is 13.5. The van der Waals surface area contributed by atoms with Crippen LogP contribution in [0.5, 0.6) is 0 Å². The summed E-state index contributed by atoms with van der Waals surface area (Å²) < 4.78 is 33.8. The molecule has 140 valence electrons. The van der Waals surface area contributed by atoms with E-state index in [-0.39, 0.29) is 10.8 Å². The van der Waals surface area contributed by atoms with Gasteiger partial charge in [-0.1, -0.05) is 65.3 Å². The highest BCUT2D eigenvalue weighted by Crippen LogP contribution is 2.29. The van der Waals surface area contributed by atoms with Gasteiger partial charge < -0.3 is 4.52 Å². The van der Waals surface area contributed by atoms with E-state index in [1.165, 1.54) is 6.07 Å². The average molecular weight is 391 g/mol. The maximum absolute atomic E-state index is 12.9. The van der Waals surface area contributed by atoms with Crippen LogP contribution in [0.1, 0.15) is 5.56 Å². The molecule has 28 heavy (non-hydrogen) atoms. The first kappa shape index (κ1) is 17.9. The smallest absolute Gasteiger partial charge is 0.262 e. The number of nitrogens with zero attached hydrogens (tertiary/aromatic N) is 2. The Morgan fingerprint density at radius 1 is 0.857 bits per heavy atom. The summed E-state index contributed by atoms with van der Waals surface area (Å²) in [6, 6.07) is 22.9. The van der Waals surface area contributed by atoms with Crippen molar-refractivity contribution in [1.29, 1.82) is 0 Å². The summed E-state index contributed by atoms with van der Waals surface area (Å²) in [4.78, 5) is 4.46. The van der Waals surface area contributed by atoms with Crippen LogP contribution in [0.2, 0.25) is 0 Å². The lowest BCUT2D eigenvalue weighted by Gasteiger charge is -2.10. The lowest BCUT2D eigenvalue weighted by atomic mass is 10.1. The quantitative estimate of drug-likeness (QED) is 0.541. The monoisotopic (exact) mass is 391 g/mol. The second kappa shape index (κ2) is 7.28. The van der Waals surface area contributed by atoms with Crippen LogP contribution < -0.4 is 4.72 Å². The van der Waals surface area contributed by atoms with E-state index in [9.17, 15) is 8.42 Å². The number of hydrogen-bond acceptors (Lipinski definition) is 5. The number of benzene rings is 3. The summed E-state index contributed by atoms with van der Waals surface area (Å²) in [5.74, 6) is 0.544. The predicted molar refractivity (Wildman–Crippen MR) is 107 cm³/mol. The van der Waals surface area contributed by atoms with Crippen molar-refractivity contribution < 1.29 is 12.9 Å². The highest BCUT2D eigenvalue weighted by atomic mass is 32.2. The van der Waals surface area contributed by atoms with Crippen molar-refractivity contribution >= 4 is 15.7 Å². The normalized spacial score (nSPS) is 11.3. The van der Waals surface area contributed by atoms with Crippen molar-refractivity contribution in [3.63, 3.8) is 0 Å². The van der Waals surface area contributed by atoms with Gasteiger partial charge in [0, 0.05) is 11.3 Å². The maximum atomic E-state index is 12.9. The average Bonchev–Trinajstić information content (AvgIpc) is 3.19. The van der Waals surface area contributed by atoms with Crippen LogP contribution in [-0.2, 0) is 10.0 Å². The van der Waals surface area contributed by atoms with E-state index in [0.717, 1.165) is 11.1 Å². The summed E-state index contributed by atoms with van der Waals surface area (Å²) in [6.45, 7) is 1.99. The molecule has 0 bridgehead atoms. The number of rotatable bonds is 5. The number of sulfonamides is 1. The lowest BCUT2D eigenvalue weighted by molar-refractivity contribution is 0.431. The van der Waals surface area contributed by atoms with Crippen LogP contribution in [0.3, 0.4) is 0 Å². The Balaban J connectivity index is 1.71. The van der Waals surface area contributed by atoms with Crippen molar-refractivity contribution in [1.82, 2.24) is 10.1 Å². The Kier molecular flexibility index (Phi) is 4.67. The van der Waals surface area contributed by atoms with Crippen molar-refractivity contribution in [2.75, 3.05) is 4.72 Å². The summed E-state index contributed by atoms with van der Waals surface area (Å²) in [6.07, 6.45) is 0. The Labute approximate surface area is 162 Å². The molecule has 0 saturated carbocycles. The number of nitrogens with one attached hydrogen (secondary N) is 1. The van der Waals surface area contributed by atoms with Gasteiger partial charge in [0.2, 0.25) is 5.82 Å². The topological polar surface area (TPSA) is 85.1 Å². The fraction of sp³-hybridized carbons (Fsp3) is 0.0476. The molecular formula is C21H17N3O3S. The first-order valence-corrected chi connectivity index (χ1v) is 10.1. The maximum Gasteiger partial charge on any atom is 0.262 e. The molecular weight excluding hydrogens is 374 g/mol. The molecule has 0 unspecified atom stereocenters. The van der Waals surface area contributed by atoms with Crippen LogP contribution in [0.4, 0.5) is 5.69 Å². The zero-order valence-electron chi connectivity index (χ0n) is 15.0. The highest BCUT2D eigenvalue weighted by Gasteiger charge is 2.22. The molecule has 4 aromatic rings. The number of hydrogen-bond donors (Lipinski definition) is 1. The van der Waals surface area contributed by atoms with Crippen LogP contribution in [0.15, 0.2) is 88.3 Å².